The Kier molecular flexibility index (Phi) is 3.75. The molecule has 0 radical (unpaired) electrons. The third kappa shape index (κ3) is 2.88. The summed E-state index contributed by atoms with van der Waals surface area (Å²) in [7, 11) is 0. The van der Waals surface area contributed by atoms with E-state index in [0.29, 0.717) is 11.4 Å². The van der Waals surface area contributed by atoms with E-state index in [-0.39, 0.29) is 5.91 Å². The molecule has 0 aliphatic carbocycles. The SMILES string of the molecule is O=C(Nc1cc(Cc2ccoc2)ccn1)c1cccc2c1CCN2. The zero-order valence-corrected chi connectivity index (χ0v) is 13.1. The highest BCUT2D eigenvalue weighted by Gasteiger charge is 2.18. The number of carbonyl (C=O) groups excluding carboxylic acids is 1. The molecule has 3 heterocycles. The monoisotopic (exact) mass is 319 g/mol. The van der Waals surface area contributed by atoms with E-state index in [9.17, 15) is 4.79 Å². The Morgan fingerprint density at radius 2 is 2.21 bits per heavy atom. The van der Waals surface area contributed by atoms with E-state index in [1.165, 1.54) is 0 Å². The summed E-state index contributed by atoms with van der Waals surface area (Å²) in [6, 6.07) is 11.5. The normalized spacial score (nSPS) is 12.5. The molecule has 0 saturated heterocycles. The minimum atomic E-state index is -0.122. The summed E-state index contributed by atoms with van der Waals surface area (Å²) >= 11 is 0. The van der Waals surface area contributed by atoms with Gasteiger partial charge in [0.2, 0.25) is 0 Å². The maximum absolute atomic E-state index is 12.6. The molecule has 5 heteroatoms. The van der Waals surface area contributed by atoms with Crippen molar-refractivity contribution in [3.63, 3.8) is 0 Å². The largest absolute Gasteiger partial charge is 0.472 e. The number of fused-ring (bicyclic) bond motifs is 1. The van der Waals surface area contributed by atoms with Gasteiger partial charge in [-0.3, -0.25) is 4.79 Å². The van der Waals surface area contributed by atoms with Gasteiger partial charge in [0.25, 0.3) is 5.91 Å². The fraction of sp³-hybridized carbons (Fsp3) is 0.158. The zero-order chi connectivity index (χ0) is 16.4. The van der Waals surface area contributed by atoms with Crippen molar-refractivity contribution in [1.29, 1.82) is 0 Å². The molecule has 1 amide bonds. The fourth-order valence-electron chi connectivity index (χ4n) is 3.02. The number of aromatic nitrogens is 1. The quantitative estimate of drug-likeness (QED) is 0.772. The van der Waals surface area contributed by atoms with Gasteiger partial charge in [-0.05, 0) is 53.4 Å². The van der Waals surface area contributed by atoms with E-state index in [4.69, 9.17) is 4.42 Å². The lowest BCUT2D eigenvalue weighted by molar-refractivity contribution is 0.102. The molecule has 1 aromatic carbocycles. The molecule has 0 atom stereocenters. The molecule has 5 nitrogen and oxygen atoms in total. The zero-order valence-electron chi connectivity index (χ0n) is 13.1. The van der Waals surface area contributed by atoms with Crippen molar-refractivity contribution in [2.24, 2.45) is 0 Å². The van der Waals surface area contributed by atoms with Gasteiger partial charge in [-0.1, -0.05) is 6.07 Å². The first-order chi connectivity index (χ1) is 11.8. The smallest absolute Gasteiger partial charge is 0.257 e. The van der Waals surface area contributed by atoms with Gasteiger partial charge in [-0.15, -0.1) is 0 Å². The molecule has 0 bridgehead atoms. The molecular formula is C19H17N3O2. The minimum absolute atomic E-state index is 0.122. The number of nitrogens with zero attached hydrogens (tertiary/aromatic N) is 1. The average molecular weight is 319 g/mol. The molecular weight excluding hydrogens is 302 g/mol. The first kappa shape index (κ1) is 14.5. The molecule has 0 unspecified atom stereocenters. The highest BCUT2D eigenvalue weighted by molar-refractivity contribution is 6.06. The maximum atomic E-state index is 12.6. The van der Waals surface area contributed by atoms with Crippen LogP contribution in [0.1, 0.15) is 27.0 Å². The minimum Gasteiger partial charge on any atom is -0.472 e. The van der Waals surface area contributed by atoms with Crippen LogP contribution < -0.4 is 10.6 Å². The van der Waals surface area contributed by atoms with Crippen molar-refractivity contribution in [2.45, 2.75) is 12.8 Å². The summed E-state index contributed by atoms with van der Waals surface area (Å²) in [5, 5.41) is 6.20. The van der Waals surface area contributed by atoms with Crippen molar-refractivity contribution < 1.29 is 9.21 Å². The number of rotatable bonds is 4. The lowest BCUT2D eigenvalue weighted by Crippen LogP contribution is -2.15. The Balaban J connectivity index is 1.53. The summed E-state index contributed by atoms with van der Waals surface area (Å²) in [6.07, 6.45) is 6.70. The number of amides is 1. The Hall–Kier alpha value is -3.08. The van der Waals surface area contributed by atoms with E-state index in [0.717, 1.165) is 41.8 Å². The Morgan fingerprint density at radius 1 is 1.25 bits per heavy atom. The van der Waals surface area contributed by atoms with Crippen LogP contribution in [0.2, 0.25) is 0 Å². The van der Waals surface area contributed by atoms with Crippen LogP contribution in [0.5, 0.6) is 0 Å². The van der Waals surface area contributed by atoms with Crippen LogP contribution in [0.15, 0.2) is 59.5 Å². The number of benzene rings is 1. The summed E-state index contributed by atoms with van der Waals surface area (Å²) in [5.74, 6) is 0.438. The topological polar surface area (TPSA) is 67.2 Å². The number of pyridine rings is 1. The van der Waals surface area contributed by atoms with Crippen molar-refractivity contribution in [3.8, 4) is 0 Å². The number of nitrogens with one attached hydrogen (secondary N) is 2. The first-order valence-electron chi connectivity index (χ1n) is 7.93. The van der Waals surface area contributed by atoms with Crippen molar-refractivity contribution in [1.82, 2.24) is 4.98 Å². The highest BCUT2D eigenvalue weighted by atomic mass is 16.3. The summed E-state index contributed by atoms with van der Waals surface area (Å²) < 4.78 is 5.09. The van der Waals surface area contributed by atoms with E-state index in [1.807, 2.05) is 36.4 Å². The third-order valence-corrected chi connectivity index (χ3v) is 4.17. The van der Waals surface area contributed by atoms with Gasteiger partial charge in [-0.25, -0.2) is 4.98 Å². The number of hydrogen-bond donors (Lipinski definition) is 2. The van der Waals surface area contributed by atoms with E-state index < -0.39 is 0 Å². The molecule has 120 valence electrons. The lowest BCUT2D eigenvalue weighted by atomic mass is 10.0. The van der Waals surface area contributed by atoms with Crippen LogP contribution in [0.3, 0.4) is 0 Å². The van der Waals surface area contributed by atoms with Crippen LogP contribution in [0, 0.1) is 0 Å². The Morgan fingerprint density at radius 3 is 3.08 bits per heavy atom. The van der Waals surface area contributed by atoms with Gasteiger partial charge in [0.05, 0.1) is 12.5 Å². The van der Waals surface area contributed by atoms with Gasteiger partial charge in [0.1, 0.15) is 5.82 Å². The number of furan rings is 1. The Bertz CT molecular complexity index is 872. The molecule has 3 aromatic rings. The van der Waals surface area contributed by atoms with Crippen LogP contribution in [0.25, 0.3) is 0 Å². The molecule has 1 aliphatic heterocycles. The van der Waals surface area contributed by atoms with Gasteiger partial charge in [-0.2, -0.15) is 0 Å². The van der Waals surface area contributed by atoms with E-state index >= 15 is 0 Å². The second-order valence-electron chi connectivity index (χ2n) is 5.82. The molecule has 1 aliphatic rings. The van der Waals surface area contributed by atoms with Crippen LogP contribution in [0.4, 0.5) is 11.5 Å². The van der Waals surface area contributed by atoms with Crippen molar-refractivity contribution in [2.75, 3.05) is 17.2 Å². The average Bonchev–Trinajstić information content (AvgIpc) is 3.25. The Labute approximate surface area is 139 Å². The lowest BCUT2D eigenvalue weighted by Gasteiger charge is -2.09. The predicted molar refractivity (Wildman–Crippen MR) is 92.3 cm³/mol. The molecule has 4 rings (SSSR count). The fourth-order valence-corrected chi connectivity index (χ4v) is 3.02. The van der Waals surface area contributed by atoms with Crippen LogP contribution in [-0.4, -0.2) is 17.4 Å². The standard InChI is InChI=1S/C19H17N3O2/c23-19(16-2-1-3-17-15(16)5-8-20-17)22-18-11-13(4-7-21-18)10-14-6-9-24-12-14/h1-4,6-7,9,11-12,20H,5,8,10H2,(H,21,22,23). The first-order valence-corrected chi connectivity index (χ1v) is 7.93. The molecule has 0 fully saturated rings. The predicted octanol–water partition coefficient (Wildman–Crippen LogP) is 3.49. The highest BCUT2D eigenvalue weighted by Crippen LogP contribution is 2.26. The van der Waals surface area contributed by atoms with Crippen LogP contribution >= 0.6 is 0 Å². The summed E-state index contributed by atoms with van der Waals surface area (Å²) in [4.78, 5) is 16.9. The second kappa shape index (κ2) is 6.20. The van der Waals surface area contributed by atoms with Gasteiger partial charge in [0.15, 0.2) is 0 Å². The second-order valence-corrected chi connectivity index (χ2v) is 5.82. The molecule has 0 saturated carbocycles. The number of anilines is 2. The van der Waals surface area contributed by atoms with Gasteiger partial charge in [0, 0.05) is 30.4 Å². The molecule has 0 spiro atoms. The van der Waals surface area contributed by atoms with E-state index in [2.05, 4.69) is 15.6 Å². The molecule has 24 heavy (non-hydrogen) atoms. The van der Waals surface area contributed by atoms with Gasteiger partial charge < -0.3 is 15.1 Å². The van der Waals surface area contributed by atoms with Crippen LogP contribution in [-0.2, 0) is 12.8 Å². The summed E-state index contributed by atoms with van der Waals surface area (Å²) in [6.45, 7) is 0.873. The van der Waals surface area contributed by atoms with E-state index in [1.54, 1.807) is 18.7 Å². The van der Waals surface area contributed by atoms with Crippen molar-refractivity contribution >= 4 is 17.4 Å². The molecule has 2 aromatic heterocycles. The summed E-state index contributed by atoms with van der Waals surface area (Å²) in [5.41, 5.74) is 4.99. The molecule has 2 N–H and O–H groups in total. The maximum Gasteiger partial charge on any atom is 0.257 e. The van der Waals surface area contributed by atoms with Gasteiger partial charge >= 0.3 is 0 Å². The number of carbonyl (C=O) groups is 1. The number of hydrogen-bond acceptors (Lipinski definition) is 4. The van der Waals surface area contributed by atoms with Crippen molar-refractivity contribution in [3.05, 3.63) is 77.4 Å². The third-order valence-electron chi connectivity index (χ3n) is 4.17.